The van der Waals surface area contributed by atoms with Crippen LogP contribution in [0.4, 0.5) is 13.2 Å². The van der Waals surface area contributed by atoms with Gasteiger partial charge in [-0.25, -0.2) is 8.42 Å². The predicted octanol–water partition coefficient (Wildman–Crippen LogP) is 2.17. The number of esters is 1. The highest BCUT2D eigenvalue weighted by Gasteiger charge is 2.38. The van der Waals surface area contributed by atoms with Gasteiger partial charge in [0.15, 0.2) is 11.5 Å². The molecular formula is C21H24F3N3O6S. The molecule has 0 aliphatic carbocycles. The molecule has 1 aromatic heterocycles. The average Bonchev–Trinajstić information content (AvgIpc) is 2.83. The summed E-state index contributed by atoms with van der Waals surface area (Å²) in [4.78, 5) is 15.7. The van der Waals surface area contributed by atoms with Crippen LogP contribution in [0.25, 0.3) is 0 Å². The maximum absolute atomic E-state index is 13.8. The molecule has 1 atom stereocenters. The van der Waals surface area contributed by atoms with Crippen LogP contribution < -0.4 is 14.8 Å². The van der Waals surface area contributed by atoms with Gasteiger partial charge in [0.25, 0.3) is 0 Å². The van der Waals surface area contributed by atoms with Crippen molar-refractivity contribution in [1.82, 2.24) is 14.6 Å². The third kappa shape index (κ3) is 5.26. The van der Waals surface area contributed by atoms with E-state index in [4.69, 9.17) is 14.2 Å². The number of halogens is 3. The number of pyridine rings is 1. The first kappa shape index (κ1) is 25.7. The molecule has 0 radical (unpaired) electrons. The lowest BCUT2D eigenvalue weighted by Gasteiger charge is -2.35. The van der Waals surface area contributed by atoms with Gasteiger partial charge in [-0.3, -0.25) is 9.78 Å². The number of carbonyl (C=O) groups excluding carboxylic acids is 1. The Morgan fingerprint density at radius 3 is 2.41 bits per heavy atom. The number of nitrogens with one attached hydrogen (secondary N) is 1. The number of benzene rings is 1. The number of aromatic nitrogens is 1. The number of carbonyl (C=O) groups is 1. The molecule has 1 N–H and O–H groups in total. The van der Waals surface area contributed by atoms with Crippen molar-refractivity contribution >= 4 is 16.0 Å². The Morgan fingerprint density at radius 1 is 1.18 bits per heavy atom. The summed E-state index contributed by atoms with van der Waals surface area (Å²) in [6, 6.07) is 3.79. The predicted molar refractivity (Wildman–Crippen MR) is 114 cm³/mol. The van der Waals surface area contributed by atoms with E-state index in [1.54, 1.807) is 0 Å². The molecule has 9 nitrogen and oxygen atoms in total. The monoisotopic (exact) mass is 503 g/mol. The quantitative estimate of drug-likeness (QED) is 0.573. The number of methoxy groups -OCH3 is 3. The van der Waals surface area contributed by atoms with Gasteiger partial charge in [0.05, 0.1) is 49.9 Å². The number of rotatable bonds is 7. The molecule has 1 aliphatic rings. The molecule has 0 bridgehead atoms. The Bertz CT molecular complexity index is 1140. The number of ether oxygens (including phenoxy) is 3. The fraction of sp³-hybridized carbons (Fsp3) is 0.429. The molecule has 1 unspecified atom stereocenters. The van der Waals surface area contributed by atoms with Crippen LogP contribution in [0.2, 0.25) is 0 Å². The minimum atomic E-state index is -4.56. The SMILES string of the molecule is COC(=O)Cc1cc(OC)c(OC)cc1S(=O)(=O)N1CCNCC1c1ccc(C(F)(F)F)cn1. The first-order valence-electron chi connectivity index (χ1n) is 10.1. The number of sulfonamides is 1. The van der Waals surface area contributed by atoms with Crippen molar-refractivity contribution in [2.45, 2.75) is 23.5 Å². The van der Waals surface area contributed by atoms with Gasteiger partial charge in [-0.05, 0) is 23.8 Å². The fourth-order valence-corrected chi connectivity index (χ4v) is 5.45. The molecule has 2 aromatic rings. The van der Waals surface area contributed by atoms with Crippen LogP contribution in [-0.2, 0) is 32.2 Å². The molecule has 34 heavy (non-hydrogen) atoms. The molecule has 1 fully saturated rings. The molecule has 0 spiro atoms. The molecule has 1 saturated heterocycles. The van der Waals surface area contributed by atoms with Gasteiger partial charge in [0, 0.05) is 31.9 Å². The maximum atomic E-state index is 13.8. The maximum Gasteiger partial charge on any atom is 0.417 e. The Kier molecular flexibility index (Phi) is 7.68. The minimum Gasteiger partial charge on any atom is -0.493 e. The highest BCUT2D eigenvalue weighted by atomic mass is 32.2. The van der Waals surface area contributed by atoms with E-state index >= 15 is 0 Å². The van der Waals surface area contributed by atoms with Gasteiger partial charge in [-0.1, -0.05) is 0 Å². The Balaban J connectivity index is 2.08. The van der Waals surface area contributed by atoms with E-state index in [2.05, 4.69) is 10.3 Å². The average molecular weight is 503 g/mol. The molecule has 0 saturated carbocycles. The highest BCUT2D eigenvalue weighted by Crippen LogP contribution is 2.37. The Morgan fingerprint density at radius 2 is 1.85 bits per heavy atom. The zero-order valence-electron chi connectivity index (χ0n) is 18.7. The number of hydrogen-bond donors (Lipinski definition) is 1. The van der Waals surface area contributed by atoms with Crippen LogP contribution in [0, 0.1) is 0 Å². The third-order valence-corrected chi connectivity index (χ3v) is 7.36. The van der Waals surface area contributed by atoms with E-state index in [0.29, 0.717) is 12.7 Å². The summed E-state index contributed by atoms with van der Waals surface area (Å²) in [6.45, 7) is 0.481. The smallest absolute Gasteiger partial charge is 0.417 e. The van der Waals surface area contributed by atoms with Gasteiger partial charge in [0.2, 0.25) is 10.0 Å². The van der Waals surface area contributed by atoms with Crippen LogP contribution in [0.1, 0.15) is 22.9 Å². The van der Waals surface area contributed by atoms with Crippen LogP contribution in [0.5, 0.6) is 11.5 Å². The number of hydrogen-bond acceptors (Lipinski definition) is 8. The summed E-state index contributed by atoms with van der Waals surface area (Å²) >= 11 is 0. The number of piperazine rings is 1. The second kappa shape index (κ2) is 10.2. The van der Waals surface area contributed by atoms with Crippen molar-refractivity contribution < 1.29 is 40.6 Å². The van der Waals surface area contributed by atoms with Gasteiger partial charge in [0.1, 0.15) is 0 Å². The largest absolute Gasteiger partial charge is 0.493 e. The molecule has 3 rings (SSSR count). The summed E-state index contributed by atoms with van der Waals surface area (Å²) < 4.78 is 82.8. The molecular weight excluding hydrogens is 479 g/mol. The van der Waals surface area contributed by atoms with E-state index in [0.717, 1.165) is 16.4 Å². The second-order valence-electron chi connectivity index (χ2n) is 7.37. The van der Waals surface area contributed by atoms with Gasteiger partial charge in [-0.15, -0.1) is 0 Å². The number of alkyl halides is 3. The van der Waals surface area contributed by atoms with Crippen molar-refractivity contribution in [2.75, 3.05) is 41.0 Å². The molecule has 186 valence electrons. The highest BCUT2D eigenvalue weighted by molar-refractivity contribution is 7.89. The van der Waals surface area contributed by atoms with E-state index in [1.807, 2.05) is 0 Å². The van der Waals surface area contributed by atoms with Crippen molar-refractivity contribution in [1.29, 1.82) is 0 Å². The third-order valence-electron chi connectivity index (χ3n) is 5.37. The first-order valence-corrected chi connectivity index (χ1v) is 11.5. The molecule has 1 aromatic carbocycles. The van der Waals surface area contributed by atoms with Gasteiger partial charge in [-0.2, -0.15) is 17.5 Å². The molecule has 2 heterocycles. The van der Waals surface area contributed by atoms with Crippen LogP contribution >= 0.6 is 0 Å². The zero-order valence-corrected chi connectivity index (χ0v) is 19.5. The lowest BCUT2D eigenvalue weighted by Crippen LogP contribution is -2.49. The summed E-state index contributed by atoms with van der Waals surface area (Å²) in [7, 11) is -0.359. The van der Waals surface area contributed by atoms with Crippen LogP contribution in [-0.4, -0.2) is 64.6 Å². The Labute approximate surface area is 194 Å². The second-order valence-corrected chi connectivity index (χ2v) is 9.23. The standard InChI is InChI=1S/C21H24F3N3O6S/c1-31-17-8-13(9-20(28)33-3)19(10-18(17)32-2)34(29,30)27-7-6-25-12-16(27)15-5-4-14(11-26-15)21(22,23)24/h4-5,8,10-11,16,25H,6-7,9,12H2,1-3H3. The normalized spacial score (nSPS) is 17.3. The van der Waals surface area contributed by atoms with Crippen molar-refractivity contribution in [3.05, 3.63) is 47.3 Å². The molecule has 1 aliphatic heterocycles. The Hall–Kier alpha value is -2.90. The van der Waals surface area contributed by atoms with Crippen molar-refractivity contribution in [3.8, 4) is 11.5 Å². The lowest BCUT2D eigenvalue weighted by molar-refractivity contribution is -0.140. The van der Waals surface area contributed by atoms with Gasteiger partial charge < -0.3 is 19.5 Å². The van der Waals surface area contributed by atoms with Crippen molar-refractivity contribution in [3.63, 3.8) is 0 Å². The lowest BCUT2D eigenvalue weighted by atomic mass is 10.1. The molecule has 13 heteroatoms. The topological polar surface area (TPSA) is 107 Å². The van der Waals surface area contributed by atoms with Crippen molar-refractivity contribution in [2.24, 2.45) is 0 Å². The fourth-order valence-electron chi connectivity index (χ4n) is 3.63. The molecule has 0 amide bonds. The van der Waals surface area contributed by atoms with E-state index in [9.17, 15) is 26.4 Å². The van der Waals surface area contributed by atoms with E-state index in [1.165, 1.54) is 33.5 Å². The van der Waals surface area contributed by atoms with Crippen LogP contribution in [0.3, 0.4) is 0 Å². The van der Waals surface area contributed by atoms with Crippen LogP contribution in [0.15, 0.2) is 35.4 Å². The summed E-state index contributed by atoms with van der Waals surface area (Å²) in [5.74, 6) is -0.305. The summed E-state index contributed by atoms with van der Waals surface area (Å²) in [5, 5.41) is 3.04. The first-order chi connectivity index (χ1) is 16.0. The summed E-state index contributed by atoms with van der Waals surface area (Å²) in [5.41, 5.74) is -0.657. The summed E-state index contributed by atoms with van der Waals surface area (Å²) in [6.07, 6.45) is -4.24. The van der Waals surface area contributed by atoms with E-state index in [-0.39, 0.29) is 47.2 Å². The van der Waals surface area contributed by atoms with E-state index < -0.39 is 33.8 Å². The number of nitrogens with zero attached hydrogens (tertiary/aromatic N) is 2. The van der Waals surface area contributed by atoms with Gasteiger partial charge >= 0.3 is 12.1 Å². The zero-order chi connectivity index (χ0) is 25.1. The minimum absolute atomic E-state index is 0.0295.